The van der Waals surface area contributed by atoms with E-state index in [4.69, 9.17) is 0 Å². The van der Waals surface area contributed by atoms with Crippen molar-refractivity contribution in [3.05, 3.63) is 64.9 Å². The van der Waals surface area contributed by atoms with E-state index in [1.807, 2.05) is 6.92 Å². The Morgan fingerprint density at radius 3 is 2.14 bits per heavy atom. The highest BCUT2D eigenvalue weighted by Crippen LogP contribution is 2.35. The van der Waals surface area contributed by atoms with Crippen LogP contribution in [0.25, 0.3) is 16.9 Å². The average molecular weight is 430 g/mol. The minimum absolute atomic E-state index is 0.120. The summed E-state index contributed by atoms with van der Waals surface area (Å²) in [4.78, 5) is -0.894. The second kappa shape index (κ2) is 6.94. The first kappa shape index (κ1) is 21.0. The molecular weight excluding hydrogens is 415 g/mol. The molecule has 2 aromatic carbocycles. The fourth-order valence-corrected chi connectivity index (χ4v) is 3.50. The molecule has 0 fully saturated rings. The molecule has 0 aliphatic carbocycles. The van der Waals surface area contributed by atoms with Crippen LogP contribution in [0.3, 0.4) is 0 Å². The number of hydrogen-bond donors (Lipinski definition) is 0. The Labute approximate surface area is 163 Å². The molecule has 0 aliphatic rings. The van der Waals surface area contributed by atoms with E-state index in [9.17, 15) is 30.4 Å². The molecule has 154 valence electrons. The summed E-state index contributed by atoms with van der Waals surface area (Å²) in [6, 6.07) is 6.49. The highest BCUT2D eigenvalue weighted by molar-refractivity contribution is 7.90. The van der Waals surface area contributed by atoms with Crippen molar-refractivity contribution in [2.24, 2.45) is 0 Å². The molecule has 0 aliphatic heterocycles. The van der Waals surface area contributed by atoms with E-state index in [1.54, 1.807) is 19.1 Å². The lowest BCUT2D eigenvalue weighted by Crippen LogP contribution is -2.10. The molecule has 0 saturated carbocycles. The second-order valence-corrected chi connectivity index (χ2v) is 8.61. The van der Waals surface area contributed by atoms with Gasteiger partial charge in [0.25, 0.3) is 0 Å². The Bertz CT molecular complexity index is 1210. The Balaban J connectivity index is 2.30. The molecule has 0 radical (unpaired) electrons. The van der Waals surface area contributed by atoms with E-state index in [0.29, 0.717) is 28.6 Å². The molecule has 4 nitrogen and oxygen atoms in total. The molecule has 0 saturated heterocycles. The van der Waals surface area contributed by atoms with E-state index in [1.165, 1.54) is 6.07 Å². The van der Waals surface area contributed by atoms with Gasteiger partial charge in [0, 0.05) is 17.9 Å². The summed E-state index contributed by atoms with van der Waals surface area (Å²) in [6.07, 6.45) is -4.12. The third-order valence-corrected chi connectivity index (χ3v) is 5.54. The van der Waals surface area contributed by atoms with Crippen molar-refractivity contribution in [1.82, 2.24) is 9.78 Å². The number of nitrogens with zero attached hydrogens (tertiary/aromatic N) is 2. The standard InChI is InChI=1S/C19H15F5N2O2S/c1-10-4-5-12(6-11(10)2)15-9-18(19(22,23)24)25-26(15)16-7-14(21)17(8-13(16)20)29(3,27)28/h4-9H,1-3H3. The van der Waals surface area contributed by atoms with Gasteiger partial charge in [0.2, 0.25) is 0 Å². The third-order valence-electron chi connectivity index (χ3n) is 4.43. The van der Waals surface area contributed by atoms with Crippen molar-refractivity contribution < 1.29 is 30.4 Å². The summed E-state index contributed by atoms with van der Waals surface area (Å²) < 4.78 is 92.4. The lowest BCUT2D eigenvalue weighted by Gasteiger charge is -2.12. The molecule has 0 atom stereocenters. The molecule has 1 heterocycles. The van der Waals surface area contributed by atoms with Gasteiger partial charge < -0.3 is 0 Å². The van der Waals surface area contributed by atoms with Crippen LogP contribution in [0.1, 0.15) is 16.8 Å². The summed E-state index contributed by atoms with van der Waals surface area (Å²) >= 11 is 0. The molecule has 0 bridgehead atoms. The van der Waals surface area contributed by atoms with Crippen LogP contribution in [0.5, 0.6) is 0 Å². The largest absolute Gasteiger partial charge is 0.435 e. The monoisotopic (exact) mass is 430 g/mol. The van der Waals surface area contributed by atoms with Crippen molar-refractivity contribution >= 4 is 9.84 Å². The summed E-state index contributed by atoms with van der Waals surface area (Å²) in [5.74, 6) is -2.52. The lowest BCUT2D eigenvalue weighted by molar-refractivity contribution is -0.141. The van der Waals surface area contributed by atoms with Crippen molar-refractivity contribution in [2.45, 2.75) is 24.9 Å². The Morgan fingerprint density at radius 2 is 1.59 bits per heavy atom. The molecular formula is C19H15F5N2O2S. The van der Waals surface area contributed by atoms with Gasteiger partial charge in [-0.15, -0.1) is 0 Å². The fraction of sp³-hybridized carbons (Fsp3) is 0.211. The summed E-state index contributed by atoms with van der Waals surface area (Å²) in [5.41, 5.74) is -0.0706. The quantitative estimate of drug-likeness (QED) is 0.558. The number of hydrogen-bond acceptors (Lipinski definition) is 3. The fourth-order valence-electron chi connectivity index (χ4n) is 2.77. The number of halogens is 5. The molecule has 10 heteroatoms. The average Bonchev–Trinajstić information content (AvgIpc) is 3.03. The van der Waals surface area contributed by atoms with Crippen LogP contribution in [0, 0.1) is 25.5 Å². The molecule has 3 aromatic rings. The summed E-state index contributed by atoms with van der Waals surface area (Å²) in [5, 5.41) is 3.41. The van der Waals surface area contributed by atoms with Crippen molar-refractivity contribution in [1.29, 1.82) is 0 Å². The summed E-state index contributed by atoms with van der Waals surface area (Å²) in [6.45, 7) is 3.57. The molecule has 0 N–H and O–H groups in total. The molecule has 0 spiro atoms. The van der Waals surface area contributed by atoms with Crippen LogP contribution in [0.15, 0.2) is 41.3 Å². The Kier molecular flexibility index (Phi) is 5.02. The van der Waals surface area contributed by atoms with Crippen LogP contribution < -0.4 is 0 Å². The number of benzene rings is 2. The van der Waals surface area contributed by atoms with Gasteiger partial charge in [0.1, 0.15) is 22.2 Å². The zero-order valence-corrected chi connectivity index (χ0v) is 16.3. The molecule has 3 rings (SSSR count). The van der Waals surface area contributed by atoms with Gasteiger partial charge in [-0.25, -0.2) is 21.9 Å². The SMILES string of the molecule is Cc1ccc(-c2cc(C(F)(F)F)nn2-c2cc(F)c(S(C)(=O)=O)cc2F)cc1C. The smallest absolute Gasteiger partial charge is 0.229 e. The van der Waals surface area contributed by atoms with Crippen LogP contribution in [0.2, 0.25) is 0 Å². The van der Waals surface area contributed by atoms with E-state index in [2.05, 4.69) is 5.10 Å². The van der Waals surface area contributed by atoms with Gasteiger partial charge >= 0.3 is 6.18 Å². The summed E-state index contributed by atoms with van der Waals surface area (Å²) in [7, 11) is -4.07. The predicted octanol–water partition coefficient (Wildman–Crippen LogP) is 4.86. The predicted molar refractivity (Wildman–Crippen MR) is 96.5 cm³/mol. The number of rotatable bonds is 3. The Morgan fingerprint density at radius 1 is 0.931 bits per heavy atom. The highest BCUT2D eigenvalue weighted by Gasteiger charge is 2.36. The number of alkyl halides is 3. The first-order valence-corrected chi connectivity index (χ1v) is 10.1. The topological polar surface area (TPSA) is 52.0 Å². The van der Waals surface area contributed by atoms with Gasteiger partial charge in [0.15, 0.2) is 15.5 Å². The molecule has 0 amide bonds. The van der Waals surface area contributed by atoms with Crippen LogP contribution in [-0.2, 0) is 16.0 Å². The zero-order valence-electron chi connectivity index (χ0n) is 15.5. The van der Waals surface area contributed by atoms with Crippen molar-refractivity contribution in [3.8, 4) is 16.9 Å². The first-order valence-electron chi connectivity index (χ1n) is 8.23. The Hall–Kier alpha value is -2.75. The van der Waals surface area contributed by atoms with E-state index in [-0.39, 0.29) is 5.69 Å². The van der Waals surface area contributed by atoms with Gasteiger partial charge in [-0.2, -0.15) is 18.3 Å². The number of sulfone groups is 1. The number of aryl methyl sites for hydroxylation is 2. The highest BCUT2D eigenvalue weighted by atomic mass is 32.2. The van der Waals surface area contributed by atoms with Gasteiger partial charge in [-0.05, 0) is 43.2 Å². The van der Waals surface area contributed by atoms with Crippen LogP contribution in [-0.4, -0.2) is 24.5 Å². The lowest BCUT2D eigenvalue weighted by atomic mass is 10.0. The maximum atomic E-state index is 14.6. The van der Waals surface area contributed by atoms with E-state index >= 15 is 0 Å². The third kappa shape index (κ3) is 4.02. The zero-order chi connectivity index (χ0) is 21.7. The normalized spacial score (nSPS) is 12.4. The van der Waals surface area contributed by atoms with Gasteiger partial charge in [-0.3, -0.25) is 0 Å². The van der Waals surface area contributed by atoms with Gasteiger partial charge in [-0.1, -0.05) is 12.1 Å². The van der Waals surface area contributed by atoms with Crippen LogP contribution >= 0.6 is 0 Å². The van der Waals surface area contributed by atoms with Gasteiger partial charge in [0.05, 0.1) is 5.69 Å². The maximum Gasteiger partial charge on any atom is 0.435 e. The van der Waals surface area contributed by atoms with E-state index in [0.717, 1.165) is 17.2 Å². The minimum Gasteiger partial charge on any atom is -0.229 e. The van der Waals surface area contributed by atoms with Crippen molar-refractivity contribution in [2.75, 3.05) is 6.26 Å². The van der Waals surface area contributed by atoms with Crippen LogP contribution in [0.4, 0.5) is 22.0 Å². The van der Waals surface area contributed by atoms with E-state index < -0.39 is 43.9 Å². The van der Waals surface area contributed by atoms with Crippen molar-refractivity contribution in [3.63, 3.8) is 0 Å². The second-order valence-electron chi connectivity index (χ2n) is 6.63. The first-order chi connectivity index (χ1) is 13.3. The minimum atomic E-state index is -4.82. The molecule has 0 unspecified atom stereocenters. The number of aromatic nitrogens is 2. The maximum absolute atomic E-state index is 14.6. The molecule has 1 aromatic heterocycles. The molecule has 29 heavy (non-hydrogen) atoms.